The molecule has 174 valence electrons. The van der Waals surface area contributed by atoms with Crippen LogP contribution in [0.1, 0.15) is 73.1 Å². The van der Waals surface area contributed by atoms with Crippen LogP contribution in [-0.4, -0.2) is 26.5 Å². The first kappa shape index (κ1) is 24.2. The van der Waals surface area contributed by atoms with Gasteiger partial charge in [-0.1, -0.05) is 56.3 Å². The molecule has 0 spiro atoms. The van der Waals surface area contributed by atoms with Gasteiger partial charge in [0.2, 0.25) is 0 Å². The molecule has 0 fully saturated rings. The predicted molar refractivity (Wildman–Crippen MR) is 130 cm³/mol. The molecular weight excluding hydrogens is 416 g/mol. The van der Waals surface area contributed by atoms with Gasteiger partial charge in [-0.25, -0.2) is 9.59 Å². The van der Waals surface area contributed by atoms with Gasteiger partial charge in [-0.05, 0) is 62.3 Å². The first-order chi connectivity index (χ1) is 15.5. The standard InChI is InChI=1S/C27H32N2O4/c1-18(2)10-15-23-24(17-30)29(27(3,4)5)26(33)28(23)16-19-11-13-20(14-12-19)21-8-6-7-9-22(21)25(31)32/h6-9,11-14,17-18H,10,15-16H2,1-5H3,(H,31,32). The number of carboxylic acid groups (broad SMARTS) is 1. The number of aromatic nitrogens is 2. The van der Waals surface area contributed by atoms with Gasteiger partial charge in [0, 0.05) is 5.54 Å². The summed E-state index contributed by atoms with van der Waals surface area (Å²) in [6, 6.07) is 14.4. The van der Waals surface area contributed by atoms with Crippen LogP contribution in [-0.2, 0) is 18.5 Å². The van der Waals surface area contributed by atoms with Gasteiger partial charge in [0.1, 0.15) is 5.69 Å². The summed E-state index contributed by atoms with van der Waals surface area (Å²) >= 11 is 0. The van der Waals surface area contributed by atoms with E-state index >= 15 is 0 Å². The number of rotatable bonds is 8. The summed E-state index contributed by atoms with van der Waals surface area (Å²) in [5.74, 6) is -0.527. The Hall–Kier alpha value is -3.41. The molecule has 1 N–H and O–H groups in total. The molecule has 0 atom stereocenters. The highest BCUT2D eigenvalue weighted by atomic mass is 16.4. The molecule has 3 aromatic rings. The minimum absolute atomic E-state index is 0.191. The summed E-state index contributed by atoms with van der Waals surface area (Å²) in [7, 11) is 0. The minimum Gasteiger partial charge on any atom is -0.478 e. The number of hydrogen-bond donors (Lipinski definition) is 1. The third kappa shape index (κ3) is 5.16. The molecule has 6 nitrogen and oxygen atoms in total. The highest BCUT2D eigenvalue weighted by molar-refractivity contribution is 5.96. The van der Waals surface area contributed by atoms with Crippen molar-refractivity contribution < 1.29 is 14.7 Å². The Labute approximate surface area is 194 Å². The van der Waals surface area contributed by atoms with Gasteiger partial charge in [-0.3, -0.25) is 13.9 Å². The van der Waals surface area contributed by atoms with Crippen LogP contribution >= 0.6 is 0 Å². The van der Waals surface area contributed by atoms with E-state index < -0.39 is 11.5 Å². The van der Waals surface area contributed by atoms with E-state index in [9.17, 15) is 19.5 Å². The second-order valence-corrected chi connectivity index (χ2v) is 9.80. The first-order valence-corrected chi connectivity index (χ1v) is 11.3. The Morgan fingerprint density at radius 1 is 1.06 bits per heavy atom. The van der Waals surface area contributed by atoms with E-state index in [0.717, 1.165) is 29.5 Å². The normalized spacial score (nSPS) is 11.7. The zero-order chi connectivity index (χ0) is 24.3. The monoisotopic (exact) mass is 448 g/mol. The summed E-state index contributed by atoms with van der Waals surface area (Å²) in [5.41, 5.74) is 3.09. The molecule has 0 radical (unpaired) electrons. The molecule has 33 heavy (non-hydrogen) atoms. The van der Waals surface area contributed by atoms with Crippen molar-refractivity contribution in [3.63, 3.8) is 0 Å². The largest absolute Gasteiger partial charge is 0.478 e. The molecular formula is C27H32N2O4. The summed E-state index contributed by atoms with van der Waals surface area (Å²) in [5, 5.41) is 9.48. The fraction of sp³-hybridized carbons (Fsp3) is 0.370. The molecule has 0 aliphatic rings. The summed E-state index contributed by atoms with van der Waals surface area (Å²) < 4.78 is 3.30. The average molecular weight is 449 g/mol. The molecule has 0 aliphatic heterocycles. The van der Waals surface area contributed by atoms with Crippen molar-refractivity contribution in [3.8, 4) is 11.1 Å². The number of carbonyl (C=O) groups excluding carboxylic acids is 1. The van der Waals surface area contributed by atoms with Crippen molar-refractivity contribution in [2.24, 2.45) is 5.92 Å². The van der Waals surface area contributed by atoms with Crippen molar-refractivity contribution in [1.29, 1.82) is 0 Å². The van der Waals surface area contributed by atoms with E-state index in [2.05, 4.69) is 13.8 Å². The van der Waals surface area contributed by atoms with Crippen molar-refractivity contribution in [2.45, 2.75) is 59.5 Å². The molecule has 0 amide bonds. The number of aromatic carboxylic acids is 1. The number of hydrogen-bond acceptors (Lipinski definition) is 3. The summed E-state index contributed by atoms with van der Waals surface area (Å²) in [6.07, 6.45) is 2.32. The van der Waals surface area contributed by atoms with Crippen molar-refractivity contribution in [2.75, 3.05) is 0 Å². The third-order valence-corrected chi connectivity index (χ3v) is 5.79. The molecule has 0 bridgehead atoms. The second-order valence-electron chi connectivity index (χ2n) is 9.80. The average Bonchev–Trinajstić information content (AvgIpc) is 3.03. The van der Waals surface area contributed by atoms with Gasteiger partial charge < -0.3 is 5.11 Å². The Bertz CT molecular complexity index is 1210. The second kappa shape index (κ2) is 9.61. The maximum atomic E-state index is 13.4. The first-order valence-electron chi connectivity index (χ1n) is 11.3. The molecule has 2 aromatic carbocycles. The zero-order valence-electron chi connectivity index (χ0n) is 20.0. The highest BCUT2D eigenvalue weighted by Gasteiger charge is 2.26. The van der Waals surface area contributed by atoms with Gasteiger partial charge in [0.05, 0.1) is 17.8 Å². The minimum atomic E-state index is -0.971. The van der Waals surface area contributed by atoms with Gasteiger partial charge in [0.15, 0.2) is 6.29 Å². The quantitative estimate of drug-likeness (QED) is 0.479. The predicted octanol–water partition coefficient (Wildman–Crippen LogP) is 5.22. The molecule has 6 heteroatoms. The molecule has 3 rings (SSSR count). The number of benzene rings is 2. The molecule has 0 saturated carbocycles. The lowest BCUT2D eigenvalue weighted by Crippen LogP contribution is -2.36. The van der Waals surface area contributed by atoms with E-state index in [-0.39, 0.29) is 11.3 Å². The van der Waals surface area contributed by atoms with E-state index in [1.807, 2.05) is 51.1 Å². The smallest absolute Gasteiger partial charge is 0.336 e. The Morgan fingerprint density at radius 2 is 1.70 bits per heavy atom. The Morgan fingerprint density at radius 3 is 2.24 bits per heavy atom. The molecule has 1 heterocycles. The number of carboxylic acids is 1. The Kier molecular flexibility index (Phi) is 7.06. The summed E-state index contributed by atoms with van der Waals surface area (Å²) in [6.45, 7) is 10.4. The number of carbonyl (C=O) groups is 2. The molecule has 0 unspecified atom stereocenters. The summed E-state index contributed by atoms with van der Waals surface area (Å²) in [4.78, 5) is 37.0. The van der Waals surface area contributed by atoms with Crippen LogP contribution in [0.3, 0.4) is 0 Å². The number of aldehydes is 1. The fourth-order valence-electron chi connectivity index (χ4n) is 4.12. The van der Waals surface area contributed by atoms with Crippen molar-refractivity contribution in [3.05, 3.63) is 81.5 Å². The van der Waals surface area contributed by atoms with Crippen LogP contribution in [0.5, 0.6) is 0 Å². The molecule has 1 aromatic heterocycles. The zero-order valence-corrected chi connectivity index (χ0v) is 20.0. The van der Waals surface area contributed by atoms with Crippen LogP contribution in [0.4, 0.5) is 0 Å². The lowest BCUT2D eigenvalue weighted by atomic mass is 9.98. The van der Waals surface area contributed by atoms with Gasteiger partial charge in [-0.2, -0.15) is 0 Å². The molecule has 0 aliphatic carbocycles. The van der Waals surface area contributed by atoms with E-state index in [1.54, 1.807) is 27.3 Å². The van der Waals surface area contributed by atoms with Crippen LogP contribution in [0.2, 0.25) is 0 Å². The topological polar surface area (TPSA) is 81.3 Å². The lowest BCUT2D eigenvalue weighted by molar-refractivity contribution is 0.0697. The van der Waals surface area contributed by atoms with Crippen LogP contribution in [0.25, 0.3) is 11.1 Å². The number of nitrogens with zero attached hydrogens (tertiary/aromatic N) is 2. The van der Waals surface area contributed by atoms with Crippen molar-refractivity contribution in [1.82, 2.24) is 9.13 Å². The van der Waals surface area contributed by atoms with Gasteiger partial charge in [-0.15, -0.1) is 0 Å². The third-order valence-electron chi connectivity index (χ3n) is 5.79. The van der Waals surface area contributed by atoms with Crippen LogP contribution in [0.15, 0.2) is 53.3 Å². The Balaban J connectivity index is 2.03. The van der Waals surface area contributed by atoms with Crippen LogP contribution in [0, 0.1) is 5.92 Å². The number of imidazole rings is 1. The maximum absolute atomic E-state index is 13.4. The van der Waals surface area contributed by atoms with E-state index in [4.69, 9.17) is 0 Å². The van der Waals surface area contributed by atoms with Crippen molar-refractivity contribution >= 4 is 12.3 Å². The SMILES string of the molecule is CC(C)CCc1c(C=O)n(C(C)(C)C)c(=O)n1Cc1ccc(-c2ccccc2C(=O)O)cc1. The van der Waals surface area contributed by atoms with E-state index in [0.29, 0.717) is 30.1 Å². The maximum Gasteiger partial charge on any atom is 0.336 e. The van der Waals surface area contributed by atoms with Crippen LogP contribution < -0.4 is 5.69 Å². The van der Waals surface area contributed by atoms with Gasteiger partial charge >= 0.3 is 11.7 Å². The lowest BCUT2D eigenvalue weighted by Gasteiger charge is -2.21. The van der Waals surface area contributed by atoms with E-state index in [1.165, 1.54) is 0 Å². The molecule has 0 saturated heterocycles. The highest BCUT2D eigenvalue weighted by Crippen LogP contribution is 2.25. The fourth-order valence-corrected chi connectivity index (χ4v) is 4.12. The van der Waals surface area contributed by atoms with Gasteiger partial charge in [0.25, 0.3) is 0 Å².